The number of nitrogens with zero attached hydrogens (tertiary/aromatic N) is 2. The van der Waals surface area contributed by atoms with Crippen LogP contribution < -0.4 is 5.73 Å². The summed E-state index contributed by atoms with van der Waals surface area (Å²) in [5.74, 6) is -0.818. The highest BCUT2D eigenvalue weighted by atomic mass is 19.1. The lowest BCUT2D eigenvalue weighted by molar-refractivity contribution is 0.572. The minimum atomic E-state index is -0.844. The molecule has 1 aromatic carbocycles. The molecule has 0 spiro atoms. The predicted octanol–water partition coefficient (Wildman–Crippen LogP) is 1.13. The Labute approximate surface area is 84.1 Å². The molecule has 0 fully saturated rings. The Morgan fingerprint density at radius 3 is 2.80 bits per heavy atom. The van der Waals surface area contributed by atoms with Gasteiger partial charge in [0, 0.05) is 5.56 Å². The van der Waals surface area contributed by atoms with Crippen LogP contribution in [-0.2, 0) is 0 Å². The van der Waals surface area contributed by atoms with E-state index in [2.05, 4.69) is 15.2 Å². The average Bonchev–Trinajstić information content (AvgIpc) is 2.74. The molecule has 0 amide bonds. The van der Waals surface area contributed by atoms with Crippen LogP contribution in [-0.4, -0.2) is 15.2 Å². The van der Waals surface area contributed by atoms with Crippen molar-refractivity contribution in [1.29, 1.82) is 0 Å². The van der Waals surface area contributed by atoms with Gasteiger partial charge in [0.15, 0.2) is 0 Å². The highest BCUT2D eigenvalue weighted by Gasteiger charge is 2.16. The quantitative estimate of drug-likeness (QED) is 0.780. The van der Waals surface area contributed by atoms with E-state index in [9.17, 15) is 8.78 Å². The standard InChI is InChI=1S/C9H8F2N4/c10-5-1-2-7(11)6(3-5)8(12)9-13-4-14-15-9/h1-4,8H,12H2,(H,13,14,15). The van der Waals surface area contributed by atoms with Crippen molar-refractivity contribution in [3.05, 3.63) is 47.5 Å². The van der Waals surface area contributed by atoms with Gasteiger partial charge in [0.2, 0.25) is 0 Å². The number of nitrogens with one attached hydrogen (secondary N) is 1. The minimum absolute atomic E-state index is 0.0479. The van der Waals surface area contributed by atoms with Gasteiger partial charge >= 0.3 is 0 Å². The molecule has 4 nitrogen and oxygen atoms in total. The molecule has 1 atom stereocenters. The SMILES string of the molecule is NC(c1ncn[nH]1)c1cc(F)ccc1F. The van der Waals surface area contributed by atoms with Gasteiger partial charge in [0.1, 0.15) is 23.8 Å². The van der Waals surface area contributed by atoms with Gasteiger partial charge in [-0.2, -0.15) is 5.10 Å². The Morgan fingerprint density at radius 2 is 2.13 bits per heavy atom. The molecule has 0 radical (unpaired) electrons. The first-order chi connectivity index (χ1) is 7.18. The number of aromatic amines is 1. The van der Waals surface area contributed by atoms with E-state index in [1.165, 1.54) is 6.33 Å². The summed E-state index contributed by atoms with van der Waals surface area (Å²) in [4.78, 5) is 3.78. The van der Waals surface area contributed by atoms with Crippen molar-refractivity contribution in [3.8, 4) is 0 Å². The van der Waals surface area contributed by atoms with Gasteiger partial charge < -0.3 is 5.73 Å². The maximum atomic E-state index is 13.3. The molecule has 0 aliphatic carbocycles. The number of hydrogen-bond acceptors (Lipinski definition) is 3. The van der Waals surface area contributed by atoms with Crippen LogP contribution in [0.4, 0.5) is 8.78 Å². The van der Waals surface area contributed by atoms with Crippen molar-refractivity contribution in [2.75, 3.05) is 0 Å². The smallest absolute Gasteiger partial charge is 0.145 e. The number of rotatable bonds is 2. The predicted molar refractivity (Wildman–Crippen MR) is 48.8 cm³/mol. The van der Waals surface area contributed by atoms with Crippen LogP contribution in [0, 0.1) is 11.6 Å². The minimum Gasteiger partial charge on any atom is -0.318 e. The molecule has 1 aromatic heterocycles. The summed E-state index contributed by atoms with van der Waals surface area (Å²) in [5.41, 5.74) is 5.74. The normalized spacial score (nSPS) is 12.7. The van der Waals surface area contributed by atoms with E-state index < -0.39 is 17.7 Å². The first-order valence-electron chi connectivity index (χ1n) is 4.24. The molecular formula is C9H8F2N4. The van der Waals surface area contributed by atoms with Gasteiger partial charge in [-0.15, -0.1) is 0 Å². The van der Waals surface area contributed by atoms with Gasteiger partial charge in [-0.1, -0.05) is 0 Å². The maximum Gasteiger partial charge on any atom is 0.145 e. The van der Waals surface area contributed by atoms with Crippen LogP contribution in [0.15, 0.2) is 24.5 Å². The zero-order chi connectivity index (χ0) is 10.8. The van der Waals surface area contributed by atoms with Crippen molar-refractivity contribution in [3.63, 3.8) is 0 Å². The van der Waals surface area contributed by atoms with E-state index in [-0.39, 0.29) is 5.56 Å². The third-order valence-corrected chi connectivity index (χ3v) is 2.02. The average molecular weight is 210 g/mol. The number of H-pyrrole nitrogens is 1. The first kappa shape index (κ1) is 9.72. The highest BCUT2D eigenvalue weighted by Crippen LogP contribution is 2.19. The first-order valence-corrected chi connectivity index (χ1v) is 4.24. The van der Waals surface area contributed by atoms with Crippen LogP contribution in [0.3, 0.4) is 0 Å². The molecule has 1 unspecified atom stereocenters. The third-order valence-electron chi connectivity index (χ3n) is 2.02. The highest BCUT2D eigenvalue weighted by molar-refractivity contribution is 5.26. The van der Waals surface area contributed by atoms with Crippen LogP contribution in [0.1, 0.15) is 17.4 Å². The molecule has 0 saturated heterocycles. The second-order valence-corrected chi connectivity index (χ2v) is 3.01. The topological polar surface area (TPSA) is 67.6 Å². The van der Waals surface area contributed by atoms with E-state index in [1.54, 1.807) is 0 Å². The Kier molecular flexibility index (Phi) is 2.42. The largest absolute Gasteiger partial charge is 0.318 e. The second kappa shape index (κ2) is 3.74. The van der Waals surface area contributed by atoms with E-state index >= 15 is 0 Å². The van der Waals surface area contributed by atoms with Crippen LogP contribution in [0.5, 0.6) is 0 Å². The van der Waals surface area contributed by atoms with Gasteiger partial charge in [-0.05, 0) is 18.2 Å². The van der Waals surface area contributed by atoms with Crippen molar-refractivity contribution in [2.24, 2.45) is 5.73 Å². The summed E-state index contributed by atoms with van der Waals surface area (Å²) in [6, 6.07) is 2.26. The van der Waals surface area contributed by atoms with Gasteiger partial charge in [0.25, 0.3) is 0 Å². The second-order valence-electron chi connectivity index (χ2n) is 3.01. The molecule has 15 heavy (non-hydrogen) atoms. The summed E-state index contributed by atoms with van der Waals surface area (Å²) >= 11 is 0. The third kappa shape index (κ3) is 1.84. The van der Waals surface area contributed by atoms with E-state index in [1.807, 2.05) is 0 Å². The van der Waals surface area contributed by atoms with Crippen molar-refractivity contribution >= 4 is 0 Å². The Bertz CT molecular complexity index is 455. The van der Waals surface area contributed by atoms with Crippen molar-refractivity contribution < 1.29 is 8.78 Å². The molecular weight excluding hydrogens is 202 g/mol. The molecule has 0 aliphatic heterocycles. The number of hydrogen-bond donors (Lipinski definition) is 2. The zero-order valence-corrected chi connectivity index (χ0v) is 7.61. The molecule has 2 rings (SSSR count). The molecule has 1 heterocycles. The van der Waals surface area contributed by atoms with Gasteiger partial charge in [-0.3, -0.25) is 5.10 Å². The van der Waals surface area contributed by atoms with E-state index in [0.717, 1.165) is 18.2 Å². The summed E-state index contributed by atoms with van der Waals surface area (Å²) in [6.45, 7) is 0. The molecule has 0 saturated carbocycles. The fourth-order valence-corrected chi connectivity index (χ4v) is 1.27. The molecule has 0 bridgehead atoms. The fourth-order valence-electron chi connectivity index (χ4n) is 1.27. The monoisotopic (exact) mass is 210 g/mol. The number of halogens is 2. The molecule has 0 aliphatic rings. The lowest BCUT2D eigenvalue weighted by Gasteiger charge is -2.09. The van der Waals surface area contributed by atoms with Crippen molar-refractivity contribution in [1.82, 2.24) is 15.2 Å². The number of nitrogens with two attached hydrogens (primary N) is 1. The Hall–Kier alpha value is -1.82. The number of aromatic nitrogens is 3. The van der Waals surface area contributed by atoms with Crippen molar-refractivity contribution in [2.45, 2.75) is 6.04 Å². The van der Waals surface area contributed by atoms with Crippen LogP contribution in [0.25, 0.3) is 0 Å². The van der Waals surface area contributed by atoms with Gasteiger partial charge in [-0.25, -0.2) is 13.8 Å². The summed E-state index contributed by atoms with van der Waals surface area (Å²) < 4.78 is 26.2. The Morgan fingerprint density at radius 1 is 1.33 bits per heavy atom. The number of benzene rings is 1. The lowest BCUT2D eigenvalue weighted by Crippen LogP contribution is -2.15. The molecule has 2 aromatic rings. The molecule has 6 heteroatoms. The zero-order valence-electron chi connectivity index (χ0n) is 7.61. The summed E-state index contributed by atoms with van der Waals surface area (Å²) in [7, 11) is 0. The van der Waals surface area contributed by atoms with Crippen LogP contribution >= 0.6 is 0 Å². The van der Waals surface area contributed by atoms with E-state index in [4.69, 9.17) is 5.73 Å². The lowest BCUT2D eigenvalue weighted by atomic mass is 10.1. The fraction of sp³-hybridized carbons (Fsp3) is 0.111. The van der Waals surface area contributed by atoms with Gasteiger partial charge in [0.05, 0.1) is 6.04 Å². The maximum absolute atomic E-state index is 13.3. The molecule has 78 valence electrons. The van der Waals surface area contributed by atoms with E-state index in [0.29, 0.717) is 5.82 Å². The molecule has 3 N–H and O–H groups in total. The summed E-state index contributed by atoms with van der Waals surface area (Å²) in [6.07, 6.45) is 1.26. The Balaban J connectivity index is 2.41. The van der Waals surface area contributed by atoms with Crippen LogP contribution in [0.2, 0.25) is 0 Å². The summed E-state index contributed by atoms with van der Waals surface area (Å²) in [5, 5.41) is 6.10.